The zero-order chi connectivity index (χ0) is 32.7. The van der Waals surface area contributed by atoms with Crippen LogP contribution in [0.2, 0.25) is 0 Å². The summed E-state index contributed by atoms with van der Waals surface area (Å²) in [5, 5.41) is 102. The fourth-order valence-electron chi connectivity index (χ4n) is 5.15. The van der Waals surface area contributed by atoms with E-state index in [0.717, 1.165) is 12.1 Å². The molecule has 0 spiro atoms. The minimum atomic E-state index is -2.01. The number of aromatic hydroxyl groups is 3. The lowest BCUT2D eigenvalue weighted by molar-refractivity contribution is -0.352. The van der Waals surface area contributed by atoms with Gasteiger partial charge in [-0.2, -0.15) is 0 Å². The first-order valence-electron chi connectivity index (χ1n) is 13.5. The fourth-order valence-corrected chi connectivity index (χ4v) is 5.15. The smallest absolute Gasteiger partial charge is 0.239 e. The van der Waals surface area contributed by atoms with Crippen molar-refractivity contribution in [2.24, 2.45) is 0 Å². The topological polar surface area (TPSA) is 279 Å². The van der Waals surface area contributed by atoms with Crippen LogP contribution in [0.3, 0.4) is 0 Å². The fraction of sp³-hybridized carbons (Fsp3) is 0.464. The van der Waals surface area contributed by atoms with Gasteiger partial charge < -0.3 is 79.2 Å². The van der Waals surface area contributed by atoms with Crippen LogP contribution in [-0.4, -0.2) is 133 Å². The van der Waals surface area contributed by atoms with Crippen molar-refractivity contribution in [2.75, 3.05) is 20.3 Å². The number of rotatable bonds is 8. The number of phenolic OH excluding ortho intramolecular Hbond substituents is 3. The van der Waals surface area contributed by atoms with E-state index in [-0.39, 0.29) is 28.4 Å². The molecule has 0 radical (unpaired) electrons. The third-order valence-corrected chi connectivity index (χ3v) is 7.56. The van der Waals surface area contributed by atoms with Crippen molar-refractivity contribution in [1.82, 2.24) is 0 Å². The minimum Gasteiger partial charge on any atom is -0.508 e. The van der Waals surface area contributed by atoms with Crippen molar-refractivity contribution in [3.63, 3.8) is 0 Å². The number of aliphatic hydroxyl groups excluding tert-OH is 7. The summed E-state index contributed by atoms with van der Waals surface area (Å²) in [6.07, 6.45) is -17.8. The van der Waals surface area contributed by atoms with Crippen LogP contribution in [0.5, 0.6) is 28.7 Å². The molecular formula is C28H32O17. The van der Waals surface area contributed by atoms with Crippen LogP contribution < -0.4 is 14.9 Å². The average Bonchev–Trinajstić information content (AvgIpc) is 3.01. The molecule has 2 saturated heterocycles. The van der Waals surface area contributed by atoms with E-state index >= 15 is 0 Å². The van der Waals surface area contributed by atoms with E-state index in [2.05, 4.69) is 0 Å². The molecule has 2 fully saturated rings. The molecule has 0 bridgehead atoms. The van der Waals surface area contributed by atoms with Gasteiger partial charge in [0.1, 0.15) is 71.3 Å². The normalized spacial score (nSPS) is 32.0. The molecule has 3 heterocycles. The summed E-state index contributed by atoms with van der Waals surface area (Å²) in [5.41, 5.74) is -1.20. The highest BCUT2D eigenvalue weighted by atomic mass is 16.7. The zero-order valence-corrected chi connectivity index (χ0v) is 23.4. The van der Waals surface area contributed by atoms with Crippen LogP contribution in [0.1, 0.15) is 0 Å². The molecule has 10 N–H and O–H groups in total. The molecule has 1 aromatic heterocycles. The molecule has 3 aromatic rings. The van der Waals surface area contributed by atoms with E-state index in [1.807, 2.05) is 0 Å². The van der Waals surface area contributed by atoms with Crippen LogP contribution >= 0.6 is 0 Å². The first kappa shape index (κ1) is 32.6. The summed E-state index contributed by atoms with van der Waals surface area (Å²) in [7, 11) is 1.27. The summed E-state index contributed by atoms with van der Waals surface area (Å²) in [6.45, 7) is -1.65. The predicted octanol–water partition coefficient (Wildman–Crippen LogP) is -2.41. The number of phenols is 3. The Kier molecular flexibility index (Phi) is 9.38. The minimum absolute atomic E-state index is 0.0367. The van der Waals surface area contributed by atoms with Crippen molar-refractivity contribution < 1.29 is 79.2 Å². The van der Waals surface area contributed by atoms with Gasteiger partial charge in [0.05, 0.1) is 20.3 Å². The van der Waals surface area contributed by atoms with Gasteiger partial charge in [-0.15, -0.1) is 0 Å². The maximum absolute atomic E-state index is 13.7. The summed E-state index contributed by atoms with van der Waals surface area (Å²) in [4.78, 5) is 13.7. The van der Waals surface area contributed by atoms with Gasteiger partial charge in [-0.1, -0.05) is 0 Å². The third kappa shape index (κ3) is 5.98. The van der Waals surface area contributed by atoms with Gasteiger partial charge >= 0.3 is 0 Å². The predicted molar refractivity (Wildman–Crippen MR) is 146 cm³/mol. The van der Waals surface area contributed by atoms with E-state index < -0.39 is 103 Å². The Hall–Kier alpha value is -3.75. The van der Waals surface area contributed by atoms with Gasteiger partial charge in [-0.25, -0.2) is 0 Å². The number of aliphatic hydroxyl groups is 7. The van der Waals surface area contributed by atoms with Crippen molar-refractivity contribution in [3.8, 4) is 40.1 Å². The Bertz CT molecular complexity index is 1570. The monoisotopic (exact) mass is 640 g/mol. The van der Waals surface area contributed by atoms with E-state index in [0.29, 0.717) is 0 Å². The lowest BCUT2D eigenvalue weighted by Crippen LogP contribution is -2.65. The number of benzene rings is 2. The molecule has 45 heavy (non-hydrogen) atoms. The van der Waals surface area contributed by atoms with Crippen molar-refractivity contribution in [2.45, 2.75) is 61.4 Å². The van der Waals surface area contributed by atoms with E-state index in [9.17, 15) is 55.9 Å². The molecule has 17 nitrogen and oxygen atoms in total. The van der Waals surface area contributed by atoms with Gasteiger partial charge in [-0.3, -0.25) is 4.79 Å². The van der Waals surface area contributed by atoms with Crippen LogP contribution in [0.15, 0.2) is 39.5 Å². The second-order valence-electron chi connectivity index (χ2n) is 10.4. The number of fused-ring (bicyclic) bond motifs is 1. The standard InChI is InChI=1S/C28H32O17/c1-40-13-4-9(2-3-11(13)32)24-26(20(36)17-12(33)5-10(31)6-14(17)41-24)45-28-23(39)25(19(35)16(8-30)43-28)44-27-22(38)21(37)18(34)15(7-29)42-27/h2-6,15-16,18-19,21-23,25,27-35,37-39H,7-8H2,1H3/t15-,16-,18-,19-,21+,22-,23-,25+,27+,28-/m1/s1. The number of methoxy groups -OCH3 is 1. The Balaban J connectivity index is 1.56. The molecule has 5 rings (SSSR count). The largest absolute Gasteiger partial charge is 0.508 e. The highest BCUT2D eigenvalue weighted by molar-refractivity contribution is 5.88. The Morgan fingerprint density at radius 2 is 1.44 bits per heavy atom. The quantitative estimate of drug-likeness (QED) is 0.123. The maximum atomic E-state index is 13.7. The highest BCUT2D eigenvalue weighted by Crippen LogP contribution is 2.40. The average molecular weight is 641 g/mol. The third-order valence-electron chi connectivity index (χ3n) is 7.56. The lowest BCUT2D eigenvalue weighted by Gasteiger charge is -2.45. The van der Waals surface area contributed by atoms with Crippen LogP contribution in [0, 0.1) is 0 Å². The molecule has 2 aromatic carbocycles. The molecule has 0 aliphatic carbocycles. The van der Waals surface area contributed by atoms with Gasteiger partial charge in [0.2, 0.25) is 17.5 Å². The van der Waals surface area contributed by atoms with Crippen LogP contribution in [0.25, 0.3) is 22.3 Å². The summed E-state index contributed by atoms with van der Waals surface area (Å²) >= 11 is 0. The van der Waals surface area contributed by atoms with Crippen LogP contribution in [0.4, 0.5) is 0 Å². The highest BCUT2D eigenvalue weighted by Gasteiger charge is 2.51. The molecule has 0 saturated carbocycles. The van der Waals surface area contributed by atoms with Gasteiger partial charge in [0.15, 0.2) is 23.5 Å². The summed E-state index contributed by atoms with van der Waals surface area (Å²) in [5.74, 6) is -2.43. The lowest BCUT2D eigenvalue weighted by atomic mass is 9.97. The summed E-state index contributed by atoms with van der Waals surface area (Å²) in [6, 6.07) is 5.74. The van der Waals surface area contributed by atoms with E-state index in [1.165, 1.54) is 25.3 Å². The number of ether oxygens (including phenoxy) is 5. The molecule has 0 amide bonds. The Morgan fingerprint density at radius 1 is 0.778 bits per heavy atom. The second-order valence-corrected chi connectivity index (χ2v) is 10.4. The van der Waals surface area contributed by atoms with Gasteiger partial charge in [0, 0.05) is 17.7 Å². The molecule has 17 heteroatoms. The second kappa shape index (κ2) is 12.9. The Labute approximate surface area is 252 Å². The summed E-state index contributed by atoms with van der Waals surface area (Å²) < 4.78 is 33.2. The first-order chi connectivity index (χ1) is 21.4. The van der Waals surface area contributed by atoms with Gasteiger partial charge in [0.25, 0.3) is 0 Å². The SMILES string of the molecule is COc1cc(-c2oc3cc(O)cc(O)c3c(=O)c2O[C@H]2O[C@H](CO)[C@@H](O)[C@H](O[C@@H]3O[C@H](CO)[C@@H](O)[C@H](O)[C@H]3O)[C@H]2O)ccc1O. The molecular weight excluding hydrogens is 608 g/mol. The van der Waals surface area contributed by atoms with E-state index in [4.69, 9.17) is 28.1 Å². The van der Waals surface area contributed by atoms with Crippen molar-refractivity contribution in [3.05, 3.63) is 40.6 Å². The van der Waals surface area contributed by atoms with Gasteiger partial charge in [-0.05, 0) is 18.2 Å². The number of hydrogen-bond donors (Lipinski definition) is 10. The number of hydrogen-bond acceptors (Lipinski definition) is 17. The maximum Gasteiger partial charge on any atom is 0.239 e. The zero-order valence-electron chi connectivity index (χ0n) is 23.4. The molecule has 10 atom stereocenters. The molecule has 246 valence electrons. The van der Waals surface area contributed by atoms with Crippen molar-refractivity contribution in [1.29, 1.82) is 0 Å². The molecule has 2 aliphatic heterocycles. The van der Waals surface area contributed by atoms with E-state index in [1.54, 1.807) is 0 Å². The van der Waals surface area contributed by atoms with Crippen LogP contribution in [-0.2, 0) is 14.2 Å². The Morgan fingerprint density at radius 3 is 2.11 bits per heavy atom. The molecule has 2 aliphatic rings. The first-order valence-corrected chi connectivity index (χ1v) is 13.5. The molecule has 0 unspecified atom stereocenters. The van der Waals surface area contributed by atoms with Crippen molar-refractivity contribution >= 4 is 11.0 Å².